The summed E-state index contributed by atoms with van der Waals surface area (Å²) < 4.78 is 49.8. The standard InChI is InChI=1S/C34H35F2N3O4.CH4/c1-3-27-31-28(38-37-27)20-41-18-8-7-17-39-32-24(13-14-26(36)30(31)32)23(33(39)34(40)42-4-2)12-9-19-43-29-16-15-25(35)21-10-5-6-11-22(21)29;/h5-6,10-11,13-16H,3-4,7-9,12,17-20H2,1-2H3,(H,37,38);1H4. The van der Waals surface area contributed by atoms with E-state index in [-0.39, 0.29) is 25.7 Å². The topological polar surface area (TPSA) is 78.4 Å². The van der Waals surface area contributed by atoms with Gasteiger partial charge in [-0.15, -0.1) is 0 Å². The van der Waals surface area contributed by atoms with Gasteiger partial charge in [0.05, 0.1) is 36.7 Å². The molecule has 0 fully saturated rings. The average molecular weight is 604 g/mol. The first-order chi connectivity index (χ1) is 21.0. The highest BCUT2D eigenvalue weighted by Crippen LogP contribution is 2.40. The summed E-state index contributed by atoms with van der Waals surface area (Å²) in [6.07, 6.45) is 3.22. The molecule has 0 aliphatic carbocycles. The second kappa shape index (κ2) is 13.6. The monoisotopic (exact) mass is 603 g/mol. The van der Waals surface area contributed by atoms with Crippen molar-refractivity contribution in [2.75, 3.05) is 19.8 Å². The second-order valence-corrected chi connectivity index (χ2v) is 10.7. The molecule has 232 valence electrons. The first-order valence-electron chi connectivity index (χ1n) is 15.0. The van der Waals surface area contributed by atoms with Gasteiger partial charge in [0.1, 0.15) is 23.1 Å². The fourth-order valence-electron chi connectivity index (χ4n) is 6.16. The van der Waals surface area contributed by atoms with Gasteiger partial charge in [-0.05, 0) is 68.9 Å². The Bertz CT molecular complexity index is 1790. The van der Waals surface area contributed by atoms with E-state index in [1.807, 2.05) is 23.6 Å². The third-order valence-electron chi connectivity index (χ3n) is 8.07. The van der Waals surface area contributed by atoms with Crippen LogP contribution in [-0.4, -0.2) is 40.6 Å². The number of nitrogens with zero attached hydrogens (tertiary/aromatic N) is 2. The highest BCUT2D eigenvalue weighted by atomic mass is 19.1. The maximum Gasteiger partial charge on any atom is 0.355 e. The Hall–Kier alpha value is -4.24. The third kappa shape index (κ3) is 5.68. The predicted molar refractivity (Wildman–Crippen MR) is 168 cm³/mol. The number of nitrogens with one attached hydrogen (secondary N) is 1. The molecule has 2 aromatic heterocycles. The minimum Gasteiger partial charge on any atom is -0.493 e. The lowest BCUT2D eigenvalue weighted by Gasteiger charge is -2.14. The summed E-state index contributed by atoms with van der Waals surface area (Å²) in [5.41, 5.74) is 4.50. The normalized spacial score (nSPS) is 13.3. The van der Waals surface area contributed by atoms with Gasteiger partial charge in [-0.2, -0.15) is 5.10 Å². The van der Waals surface area contributed by atoms with Crippen molar-refractivity contribution in [2.45, 2.75) is 66.5 Å². The van der Waals surface area contributed by atoms with Crippen molar-refractivity contribution in [2.24, 2.45) is 0 Å². The lowest BCUT2D eigenvalue weighted by Crippen LogP contribution is -2.15. The number of carbonyl (C=O) groups excluding carboxylic acids is 1. The number of aromatic amines is 1. The summed E-state index contributed by atoms with van der Waals surface area (Å²) in [5, 5.41) is 9.57. The molecule has 0 amide bonds. The van der Waals surface area contributed by atoms with Crippen LogP contribution in [0.4, 0.5) is 8.78 Å². The summed E-state index contributed by atoms with van der Waals surface area (Å²) in [6, 6.07) is 13.5. The summed E-state index contributed by atoms with van der Waals surface area (Å²) in [4.78, 5) is 13.6. The Balaban J connectivity index is 0.00000384. The summed E-state index contributed by atoms with van der Waals surface area (Å²) in [6.45, 7) is 5.69. The number of esters is 1. The van der Waals surface area contributed by atoms with Crippen LogP contribution in [0.25, 0.3) is 32.8 Å². The van der Waals surface area contributed by atoms with E-state index in [4.69, 9.17) is 14.2 Å². The van der Waals surface area contributed by atoms with E-state index in [1.165, 1.54) is 12.1 Å². The Kier molecular flexibility index (Phi) is 9.64. The van der Waals surface area contributed by atoms with E-state index in [0.717, 1.165) is 35.2 Å². The van der Waals surface area contributed by atoms with E-state index in [2.05, 4.69) is 10.2 Å². The predicted octanol–water partition coefficient (Wildman–Crippen LogP) is 8.16. The number of fused-ring (bicyclic) bond motifs is 3. The van der Waals surface area contributed by atoms with E-state index in [9.17, 15) is 9.18 Å². The molecule has 1 aliphatic heterocycles. The van der Waals surface area contributed by atoms with Gasteiger partial charge in [0.25, 0.3) is 0 Å². The molecule has 1 aliphatic rings. The molecule has 0 spiro atoms. The molecule has 0 unspecified atom stereocenters. The average Bonchev–Trinajstić information content (AvgIpc) is 3.55. The van der Waals surface area contributed by atoms with E-state index < -0.39 is 5.97 Å². The maximum absolute atomic E-state index is 15.9. The minimum atomic E-state index is -0.431. The lowest BCUT2D eigenvalue weighted by molar-refractivity contribution is 0.0512. The van der Waals surface area contributed by atoms with Gasteiger partial charge >= 0.3 is 5.97 Å². The quantitative estimate of drug-likeness (QED) is 0.143. The number of hydrogen-bond donors (Lipinski definition) is 1. The van der Waals surface area contributed by atoms with Gasteiger partial charge in [-0.3, -0.25) is 5.10 Å². The Morgan fingerprint density at radius 3 is 2.59 bits per heavy atom. The number of aryl methyl sites for hydroxylation is 3. The van der Waals surface area contributed by atoms with Crippen molar-refractivity contribution >= 4 is 27.6 Å². The molecule has 3 aromatic carbocycles. The minimum absolute atomic E-state index is 0. The highest BCUT2D eigenvalue weighted by Gasteiger charge is 2.29. The zero-order valence-electron chi connectivity index (χ0n) is 24.5. The Morgan fingerprint density at radius 1 is 1.00 bits per heavy atom. The largest absolute Gasteiger partial charge is 0.493 e. The van der Waals surface area contributed by atoms with Gasteiger partial charge in [0, 0.05) is 40.4 Å². The van der Waals surface area contributed by atoms with Crippen molar-refractivity contribution < 1.29 is 27.8 Å². The molecular formula is C35H39F2N3O4. The summed E-state index contributed by atoms with van der Waals surface area (Å²) in [7, 11) is 0. The molecule has 3 heterocycles. The first-order valence-corrected chi connectivity index (χ1v) is 15.0. The SMILES string of the molecule is C.CCOC(=O)c1c(CCCOc2ccc(F)c3ccccc23)c2ccc(F)c3c2n1CCCCOCc1[nH]nc(CC)c1-3. The molecule has 0 saturated heterocycles. The van der Waals surface area contributed by atoms with E-state index in [0.29, 0.717) is 84.5 Å². The van der Waals surface area contributed by atoms with Gasteiger partial charge in [-0.1, -0.05) is 38.6 Å². The molecule has 5 aromatic rings. The highest BCUT2D eigenvalue weighted by molar-refractivity contribution is 6.05. The van der Waals surface area contributed by atoms with Crippen LogP contribution in [0.3, 0.4) is 0 Å². The van der Waals surface area contributed by atoms with Crippen LogP contribution in [0.5, 0.6) is 5.75 Å². The molecule has 0 atom stereocenters. The Labute approximate surface area is 256 Å². The van der Waals surface area contributed by atoms with Gasteiger partial charge in [0.2, 0.25) is 0 Å². The van der Waals surface area contributed by atoms with Crippen LogP contribution in [0.1, 0.15) is 68.0 Å². The molecule has 7 nitrogen and oxygen atoms in total. The molecule has 0 radical (unpaired) electrons. The summed E-state index contributed by atoms with van der Waals surface area (Å²) >= 11 is 0. The maximum atomic E-state index is 15.9. The summed E-state index contributed by atoms with van der Waals surface area (Å²) in [5.74, 6) is -0.502. The first kappa shape index (κ1) is 31.2. The zero-order valence-corrected chi connectivity index (χ0v) is 24.5. The number of carbonyl (C=O) groups is 1. The van der Waals surface area contributed by atoms with Crippen LogP contribution >= 0.6 is 0 Å². The molecule has 9 heteroatoms. The van der Waals surface area contributed by atoms with Crippen LogP contribution in [0, 0.1) is 11.6 Å². The third-order valence-corrected chi connectivity index (χ3v) is 8.07. The van der Waals surface area contributed by atoms with Crippen molar-refractivity contribution in [3.8, 4) is 16.9 Å². The molecular weight excluding hydrogens is 564 g/mol. The molecule has 44 heavy (non-hydrogen) atoms. The molecule has 0 saturated carbocycles. The van der Waals surface area contributed by atoms with E-state index in [1.54, 1.807) is 31.2 Å². The number of rotatable bonds is 8. The van der Waals surface area contributed by atoms with Crippen molar-refractivity contribution in [1.29, 1.82) is 0 Å². The fraction of sp³-hybridized carbons (Fsp3) is 0.371. The Morgan fingerprint density at radius 2 is 1.80 bits per heavy atom. The number of ether oxygens (including phenoxy) is 3. The van der Waals surface area contributed by atoms with Crippen LogP contribution in [-0.2, 0) is 35.5 Å². The molecule has 6 rings (SSSR count). The number of halogens is 2. The van der Waals surface area contributed by atoms with Crippen molar-refractivity contribution in [3.63, 3.8) is 0 Å². The second-order valence-electron chi connectivity index (χ2n) is 10.7. The van der Waals surface area contributed by atoms with Gasteiger partial charge in [0.15, 0.2) is 0 Å². The van der Waals surface area contributed by atoms with E-state index >= 15 is 4.39 Å². The van der Waals surface area contributed by atoms with Gasteiger partial charge in [-0.25, -0.2) is 13.6 Å². The number of benzene rings is 3. The van der Waals surface area contributed by atoms with Crippen molar-refractivity contribution in [3.05, 3.63) is 82.8 Å². The zero-order chi connectivity index (χ0) is 29.9. The van der Waals surface area contributed by atoms with Crippen LogP contribution in [0.15, 0.2) is 48.5 Å². The van der Waals surface area contributed by atoms with Crippen LogP contribution in [0.2, 0.25) is 0 Å². The molecule has 0 bridgehead atoms. The van der Waals surface area contributed by atoms with Gasteiger partial charge < -0.3 is 18.8 Å². The molecule has 1 N–H and O–H groups in total. The van der Waals surface area contributed by atoms with Crippen molar-refractivity contribution in [1.82, 2.24) is 14.8 Å². The fourth-order valence-corrected chi connectivity index (χ4v) is 6.16. The lowest BCUT2D eigenvalue weighted by atomic mass is 9.97. The number of aromatic nitrogens is 3. The number of H-pyrrole nitrogens is 1. The van der Waals surface area contributed by atoms with Crippen LogP contribution < -0.4 is 4.74 Å². The number of hydrogen-bond acceptors (Lipinski definition) is 5. The smallest absolute Gasteiger partial charge is 0.355 e.